The van der Waals surface area contributed by atoms with Crippen LogP contribution in [0.3, 0.4) is 0 Å². The molecule has 0 saturated carbocycles. The number of carbonyl (C=O) groups is 1. The minimum atomic E-state index is -0.0953. The summed E-state index contributed by atoms with van der Waals surface area (Å²) in [7, 11) is 0. The van der Waals surface area contributed by atoms with Gasteiger partial charge in [-0.1, -0.05) is 6.07 Å². The van der Waals surface area contributed by atoms with Crippen molar-refractivity contribution in [2.24, 2.45) is 0 Å². The van der Waals surface area contributed by atoms with E-state index in [-0.39, 0.29) is 12.5 Å². The molecule has 0 spiro atoms. The summed E-state index contributed by atoms with van der Waals surface area (Å²) >= 11 is 0. The van der Waals surface area contributed by atoms with E-state index in [4.69, 9.17) is 5.11 Å². The third-order valence-electron chi connectivity index (χ3n) is 1.52. The number of pyridine rings is 1. The molecule has 0 fully saturated rings. The van der Waals surface area contributed by atoms with Crippen LogP contribution in [0.25, 0.3) is 0 Å². The van der Waals surface area contributed by atoms with E-state index in [2.05, 4.69) is 10.3 Å². The third-order valence-corrected chi connectivity index (χ3v) is 1.52. The maximum Gasteiger partial charge on any atom is 0.224 e. The predicted octanol–water partition coefficient (Wildman–Crippen LogP) is -0.267. The number of hydrogen-bond donors (Lipinski definition) is 2. The molecule has 0 saturated heterocycles. The maximum atomic E-state index is 11.1. The van der Waals surface area contributed by atoms with Crippen LogP contribution in [0.4, 0.5) is 0 Å². The fourth-order valence-corrected chi connectivity index (χ4v) is 0.946. The van der Waals surface area contributed by atoms with Crippen molar-refractivity contribution in [3.63, 3.8) is 0 Å². The molecule has 0 aliphatic carbocycles. The van der Waals surface area contributed by atoms with Gasteiger partial charge in [-0.25, -0.2) is 0 Å². The molecule has 1 heterocycles. The van der Waals surface area contributed by atoms with E-state index < -0.39 is 0 Å². The van der Waals surface area contributed by atoms with Crippen molar-refractivity contribution < 1.29 is 9.90 Å². The largest absolute Gasteiger partial charge is 0.395 e. The van der Waals surface area contributed by atoms with Gasteiger partial charge < -0.3 is 10.4 Å². The summed E-state index contributed by atoms with van der Waals surface area (Å²) in [6.45, 7) is 0.276. The van der Waals surface area contributed by atoms with Gasteiger partial charge in [-0.3, -0.25) is 9.78 Å². The average molecular weight is 180 g/mol. The normalized spacial score (nSPS) is 9.62. The van der Waals surface area contributed by atoms with Gasteiger partial charge in [0, 0.05) is 18.9 Å². The Bertz CT molecular complexity index is 262. The molecule has 0 radical (unpaired) electrons. The van der Waals surface area contributed by atoms with Gasteiger partial charge in [-0.05, 0) is 11.6 Å². The lowest BCUT2D eigenvalue weighted by Gasteiger charge is -2.01. The fraction of sp³-hybridized carbons (Fsp3) is 0.333. The summed E-state index contributed by atoms with van der Waals surface area (Å²) in [4.78, 5) is 15.0. The molecule has 1 aromatic rings. The highest BCUT2D eigenvalue weighted by Crippen LogP contribution is 1.95. The number of aliphatic hydroxyl groups excluding tert-OH is 1. The summed E-state index contributed by atoms with van der Waals surface area (Å²) in [5.41, 5.74) is 0.873. The highest BCUT2D eigenvalue weighted by molar-refractivity contribution is 5.78. The van der Waals surface area contributed by atoms with E-state index in [9.17, 15) is 4.79 Å². The summed E-state index contributed by atoms with van der Waals surface area (Å²) in [6, 6.07) is 3.63. The molecule has 0 aliphatic heterocycles. The van der Waals surface area contributed by atoms with Crippen LogP contribution >= 0.6 is 0 Å². The van der Waals surface area contributed by atoms with E-state index in [1.54, 1.807) is 18.5 Å². The summed E-state index contributed by atoms with van der Waals surface area (Å²) in [5, 5.41) is 11.0. The quantitative estimate of drug-likeness (QED) is 0.670. The van der Waals surface area contributed by atoms with Gasteiger partial charge in [0.05, 0.1) is 13.0 Å². The predicted molar refractivity (Wildman–Crippen MR) is 48.0 cm³/mol. The van der Waals surface area contributed by atoms with Gasteiger partial charge in [0.25, 0.3) is 0 Å². The summed E-state index contributed by atoms with van der Waals surface area (Å²) < 4.78 is 0. The van der Waals surface area contributed by atoms with Crippen LogP contribution in [-0.4, -0.2) is 29.1 Å². The number of nitrogens with zero attached hydrogens (tertiary/aromatic N) is 1. The molecule has 1 amide bonds. The van der Waals surface area contributed by atoms with Crippen LogP contribution in [-0.2, 0) is 11.2 Å². The Balaban J connectivity index is 2.37. The number of aliphatic hydroxyl groups is 1. The molecule has 13 heavy (non-hydrogen) atoms. The topological polar surface area (TPSA) is 62.2 Å². The highest BCUT2D eigenvalue weighted by Gasteiger charge is 2.00. The van der Waals surface area contributed by atoms with Crippen molar-refractivity contribution >= 4 is 5.91 Å². The van der Waals surface area contributed by atoms with Gasteiger partial charge in [-0.15, -0.1) is 0 Å². The number of amides is 1. The van der Waals surface area contributed by atoms with Gasteiger partial charge >= 0.3 is 0 Å². The molecule has 4 heteroatoms. The first-order valence-corrected chi connectivity index (χ1v) is 4.09. The van der Waals surface area contributed by atoms with Crippen molar-refractivity contribution in [3.05, 3.63) is 30.1 Å². The SMILES string of the molecule is O=C(Cc1cccnc1)NCCO. The van der Waals surface area contributed by atoms with E-state index in [1.165, 1.54) is 0 Å². The minimum Gasteiger partial charge on any atom is -0.395 e. The van der Waals surface area contributed by atoms with Crippen LogP contribution in [0.5, 0.6) is 0 Å². The molecule has 2 N–H and O–H groups in total. The van der Waals surface area contributed by atoms with Gasteiger partial charge in [-0.2, -0.15) is 0 Å². The molecule has 0 bridgehead atoms. The Labute approximate surface area is 76.6 Å². The lowest BCUT2D eigenvalue weighted by atomic mass is 10.2. The Morgan fingerprint density at radius 3 is 3.08 bits per heavy atom. The first-order chi connectivity index (χ1) is 6.33. The number of nitrogens with one attached hydrogen (secondary N) is 1. The Hall–Kier alpha value is -1.42. The minimum absolute atomic E-state index is 0.0290. The smallest absolute Gasteiger partial charge is 0.224 e. The Kier molecular flexibility index (Phi) is 3.92. The second-order valence-electron chi connectivity index (χ2n) is 2.61. The number of aromatic nitrogens is 1. The van der Waals surface area contributed by atoms with Crippen molar-refractivity contribution in [2.75, 3.05) is 13.2 Å². The van der Waals surface area contributed by atoms with Crippen molar-refractivity contribution in [1.82, 2.24) is 10.3 Å². The first-order valence-electron chi connectivity index (χ1n) is 4.09. The standard InChI is InChI=1S/C9H12N2O2/c12-5-4-11-9(13)6-8-2-1-3-10-7-8/h1-3,7,12H,4-6H2,(H,11,13). The molecule has 0 unspecified atom stereocenters. The molecular weight excluding hydrogens is 168 g/mol. The highest BCUT2D eigenvalue weighted by atomic mass is 16.3. The molecule has 0 atom stereocenters. The Morgan fingerprint density at radius 1 is 1.62 bits per heavy atom. The second kappa shape index (κ2) is 5.27. The zero-order valence-corrected chi connectivity index (χ0v) is 7.23. The third kappa shape index (κ3) is 3.66. The molecule has 1 rings (SSSR count). The molecule has 1 aromatic heterocycles. The number of carbonyl (C=O) groups excluding carboxylic acids is 1. The van der Waals surface area contributed by atoms with Crippen LogP contribution in [0.15, 0.2) is 24.5 Å². The number of rotatable bonds is 4. The van der Waals surface area contributed by atoms with Gasteiger partial charge in [0.1, 0.15) is 0 Å². The van der Waals surface area contributed by atoms with E-state index in [0.717, 1.165) is 5.56 Å². The molecule has 4 nitrogen and oxygen atoms in total. The average Bonchev–Trinajstić information content (AvgIpc) is 2.16. The van der Waals surface area contributed by atoms with Crippen molar-refractivity contribution in [1.29, 1.82) is 0 Å². The maximum absolute atomic E-state index is 11.1. The van der Waals surface area contributed by atoms with Crippen LogP contribution in [0.1, 0.15) is 5.56 Å². The van der Waals surface area contributed by atoms with Gasteiger partial charge in [0.15, 0.2) is 0 Å². The van der Waals surface area contributed by atoms with Crippen molar-refractivity contribution in [2.45, 2.75) is 6.42 Å². The zero-order chi connectivity index (χ0) is 9.52. The first kappa shape index (κ1) is 9.67. The van der Waals surface area contributed by atoms with E-state index >= 15 is 0 Å². The van der Waals surface area contributed by atoms with Crippen LogP contribution < -0.4 is 5.32 Å². The summed E-state index contributed by atoms with van der Waals surface area (Å²) in [6.07, 6.45) is 3.63. The van der Waals surface area contributed by atoms with Crippen molar-refractivity contribution in [3.8, 4) is 0 Å². The molecule has 0 aromatic carbocycles. The molecule has 70 valence electrons. The van der Waals surface area contributed by atoms with Gasteiger partial charge in [0.2, 0.25) is 5.91 Å². The Morgan fingerprint density at radius 2 is 2.46 bits per heavy atom. The van der Waals surface area contributed by atoms with E-state index in [1.807, 2.05) is 6.07 Å². The summed E-state index contributed by atoms with van der Waals surface area (Å²) in [5.74, 6) is -0.0953. The lowest BCUT2D eigenvalue weighted by molar-refractivity contribution is -0.120. The number of hydrogen-bond acceptors (Lipinski definition) is 3. The second-order valence-corrected chi connectivity index (χ2v) is 2.61. The molecule has 0 aliphatic rings. The monoisotopic (exact) mass is 180 g/mol. The van der Waals surface area contributed by atoms with E-state index in [0.29, 0.717) is 13.0 Å². The molecular formula is C9H12N2O2. The van der Waals surface area contributed by atoms with Crippen LogP contribution in [0.2, 0.25) is 0 Å². The lowest BCUT2D eigenvalue weighted by Crippen LogP contribution is -2.27. The zero-order valence-electron chi connectivity index (χ0n) is 7.23. The fourth-order valence-electron chi connectivity index (χ4n) is 0.946. The van der Waals surface area contributed by atoms with Crippen LogP contribution in [0, 0.1) is 0 Å².